The van der Waals surface area contributed by atoms with Gasteiger partial charge < -0.3 is 9.30 Å². The van der Waals surface area contributed by atoms with E-state index < -0.39 is 5.41 Å². The Bertz CT molecular complexity index is 626. The molecule has 0 aliphatic carbocycles. The first-order chi connectivity index (χ1) is 8.89. The molecular weight excluding hydrogens is 240 g/mol. The summed E-state index contributed by atoms with van der Waals surface area (Å²) in [5.41, 5.74) is 2.37. The minimum absolute atomic E-state index is 0.244. The van der Waals surface area contributed by atoms with E-state index in [4.69, 9.17) is 4.74 Å². The molecule has 0 atom stereocenters. The van der Waals surface area contributed by atoms with Gasteiger partial charge in [0.05, 0.1) is 17.6 Å². The van der Waals surface area contributed by atoms with E-state index in [9.17, 15) is 4.79 Å². The SMILES string of the molecule is CCOC(=O)C(C)(C)c1nc2cccc(C)c2n1C. The highest BCUT2D eigenvalue weighted by atomic mass is 16.5. The van der Waals surface area contributed by atoms with Crippen LogP contribution >= 0.6 is 0 Å². The van der Waals surface area contributed by atoms with Crippen LogP contribution in [-0.2, 0) is 22.0 Å². The molecule has 2 rings (SSSR count). The van der Waals surface area contributed by atoms with Gasteiger partial charge in [0.1, 0.15) is 11.2 Å². The number of nitrogens with zero attached hydrogens (tertiary/aromatic N) is 2. The summed E-state index contributed by atoms with van der Waals surface area (Å²) in [5.74, 6) is 0.487. The third-order valence-corrected chi connectivity index (χ3v) is 3.44. The molecule has 1 aromatic carbocycles. The summed E-state index contributed by atoms with van der Waals surface area (Å²) >= 11 is 0. The lowest BCUT2D eigenvalue weighted by Gasteiger charge is -2.21. The molecule has 4 heteroatoms. The van der Waals surface area contributed by atoms with Gasteiger partial charge in [0.2, 0.25) is 0 Å². The van der Waals surface area contributed by atoms with Gasteiger partial charge in [0, 0.05) is 7.05 Å². The molecule has 0 spiro atoms. The number of esters is 1. The number of aryl methyl sites for hydroxylation is 2. The van der Waals surface area contributed by atoms with E-state index in [1.54, 1.807) is 0 Å². The van der Waals surface area contributed by atoms with Gasteiger partial charge in [-0.3, -0.25) is 4.79 Å². The highest BCUT2D eigenvalue weighted by Crippen LogP contribution is 2.28. The largest absolute Gasteiger partial charge is 0.465 e. The van der Waals surface area contributed by atoms with E-state index >= 15 is 0 Å². The van der Waals surface area contributed by atoms with E-state index in [0.717, 1.165) is 22.4 Å². The van der Waals surface area contributed by atoms with E-state index in [1.165, 1.54) is 0 Å². The quantitative estimate of drug-likeness (QED) is 0.797. The number of hydrogen-bond acceptors (Lipinski definition) is 3. The van der Waals surface area contributed by atoms with Gasteiger partial charge in [-0.2, -0.15) is 0 Å². The zero-order valence-electron chi connectivity index (χ0n) is 12.2. The van der Waals surface area contributed by atoms with Crippen molar-refractivity contribution < 1.29 is 9.53 Å². The number of imidazole rings is 1. The van der Waals surface area contributed by atoms with Crippen molar-refractivity contribution in [2.24, 2.45) is 7.05 Å². The van der Waals surface area contributed by atoms with Gasteiger partial charge in [-0.25, -0.2) is 4.98 Å². The summed E-state index contributed by atoms with van der Waals surface area (Å²) < 4.78 is 7.14. The molecule has 0 amide bonds. The molecule has 0 saturated carbocycles. The van der Waals surface area contributed by atoms with Crippen molar-refractivity contribution in [3.63, 3.8) is 0 Å². The summed E-state index contributed by atoms with van der Waals surface area (Å²) in [5, 5.41) is 0. The maximum atomic E-state index is 12.1. The molecule has 0 unspecified atom stereocenters. The summed E-state index contributed by atoms with van der Waals surface area (Å²) in [4.78, 5) is 16.7. The van der Waals surface area contributed by atoms with Crippen molar-refractivity contribution in [2.45, 2.75) is 33.1 Å². The van der Waals surface area contributed by atoms with Crippen molar-refractivity contribution in [1.29, 1.82) is 0 Å². The molecular formula is C15H20N2O2. The third-order valence-electron chi connectivity index (χ3n) is 3.44. The van der Waals surface area contributed by atoms with Crippen LogP contribution in [0.15, 0.2) is 18.2 Å². The van der Waals surface area contributed by atoms with Crippen LogP contribution in [0, 0.1) is 6.92 Å². The fourth-order valence-corrected chi connectivity index (χ4v) is 2.43. The predicted octanol–water partition coefficient (Wildman–Crippen LogP) is 2.72. The average Bonchev–Trinajstić information content (AvgIpc) is 2.69. The zero-order valence-corrected chi connectivity index (χ0v) is 12.2. The maximum Gasteiger partial charge on any atom is 0.319 e. The Morgan fingerprint density at radius 1 is 1.42 bits per heavy atom. The molecule has 0 saturated heterocycles. The average molecular weight is 260 g/mol. The molecule has 0 bridgehead atoms. The fourth-order valence-electron chi connectivity index (χ4n) is 2.43. The topological polar surface area (TPSA) is 44.1 Å². The minimum atomic E-state index is -0.754. The normalized spacial score (nSPS) is 11.8. The second kappa shape index (κ2) is 4.68. The molecule has 19 heavy (non-hydrogen) atoms. The van der Waals surface area contributed by atoms with Gasteiger partial charge in [-0.1, -0.05) is 12.1 Å². The van der Waals surface area contributed by atoms with E-state index in [2.05, 4.69) is 4.98 Å². The number of fused-ring (bicyclic) bond motifs is 1. The molecule has 0 aliphatic heterocycles. The van der Waals surface area contributed by atoms with Crippen molar-refractivity contribution in [1.82, 2.24) is 9.55 Å². The number of rotatable bonds is 3. The molecule has 0 radical (unpaired) electrons. The van der Waals surface area contributed by atoms with Crippen LogP contribution in [0.4, 0.5) is 0 Å². The van der Waals surface area contributed by atoms with Crippen molar-refractivity contribution in [3.8, 4) is 0 Å². The van der Waals surface area contributed by atoms with Crippen LogP contribution in [0.5, 0.6) is 0 Å². The molecule has 1 heterocycles. The van der Waals surface area contributed by atoms with Crippen LogP contribution in [0.1, 0.15) is 32.2 Å². The smallest absolute Gasteiger partial charge is 0.319 e. The first kappa shape index (κ1) is 13.6. The van der Waals surface area contributed by atoms with E-state index in [1.807, 2.05) is 57.5 Å². The molecule has 102 valence electrons. The minimum Gasteiger partial charge on any atom is -0.465 e. The Hall–Kier alpha value is -1.84. The molecule has 0 fully saturated rings. The number of hydrogen-bond donors (Lipinski definition) is 0. The summed E-state index contributed by atoms with van der Waals surface area (Å²) in [7, 11) is 1.94. The van der Waals surface area contributed by atoms with Crippen molar-refractivity contribution in [2.75, 3.05) is 6.61 Å². The van der Waals surface area contributed by atoms with Crippen LogP contribution in [0.25, 0.3) is 11.0 Å². The second-order valence-electron chi connectivity index (χ2n) is 5.28. The lowest BCUT2D eigenvalue weighted by molar-refractivity contribution is -0.149. The van der Waals surface area contributed by atoms with Gasteiger partial charge >= 0.3 is 5.97 Å². The number of aromatic nitrogens is 2. The van der Waals surface area contributed by atoms with Crippen molar-refractivity contribution >= 4 is 17.0 Å². The van der Waals surface area contributed by atoms with Crippen LogP contribution in [-0.4, -0.2) is 22.1 Å². The highest BCUT2D eigenvalue weighted by Gasteiger charge is 2.36. The van der Waals surface area contributed by atoms with Gasteiger partial charge in [0.25, 0.3) is 0 Å². The standard InChI is InChI=1S/C15H20N2O2/c1-6-19-14(18)15(3,4)13-16-11-9-7-8-10(2)12(11)17(13)5/h7-9H,6H2,1-5H3. The molecule has 2 aromatic rings. The Labute approximate surface area is 113 Å². The number of carbonyl (C=O) groups excluding carboxylic acids is 1. The molecule has 1 aromatic heterocycles. The Morgan fingerprint density at radius 2 is 2.11 bits per heavy atom. The summed E-state index contributed by atoms with van der Waals surface area (Å²) in [6.45, 7) is 7.94. The first-order valence-corrected chi connectivity index (χ1v) is 6.49. The Balaban J connectivity index is 2.60. The third kappa shape index (κ3) is 2.11. The molecule has 4 nitrogen and oxygen atoms in total. The number of benzene rings is 1. The lowest BCUT2D eigenvalue weighted by atomic mass is 9.92. The van der Waals surface area contributed by atoms with Crippen molar-refractivity contribution in [3.05, 3.63) is 29.6 Å². The molecule has 0 aliphatic rings. The first-order valence-electron chi connectivity index (χ1n) is 6.49. The van der Waals surface area contributed by atoms with Crippen LogP contribution in [0.2, 0.25) is 0 Å². The summed E-state index contributed by atoms with van der Waals surface area (Å²) in [6, 6.07) is 5.99. The summed E-state index contributed by atoms with van der Waals surface area (Å²) in [6.07, 6.45) is 0. The van der Waals surface area contributed by atoms with Crippen LogP contribution in [0.3, 0.4) is 0 Å². The fraction of sp³-hybridized carbons (Fsp3) is 0.467. The monoisotopic (exact) mass is 260 g/mol. The van der Waals surface area contributed by atoms with E-state index in [-0.39, 0.29) is 5.97 Å². The van der Waals surface area contributed by atoms with Gasteiger partial charge in [-0.15, -0.1) is 0 Å². The number of para-hydroxylation sites is 1. The zero-order chi connectivity index (χ0) is 14.2. The Morgan fingerprint density at radius 3 is 2.68 bits per heavy atom. The van der Waals surface area contributed by atoms with Gasteiger partial charge in [-0.05, 0) is 39.3 Å². The van der Waals surface area contributed by atoms with Gasteiger partial charge in [0.15, 0.2) is 0 Å². The second-order valence-corrected chi connectivity index (χ2v) is 5.28. The lowest BCUT2D eigenvalue weighted by Crippen LogP contribution is -2.33. The number of carbonyl (C=O) groups is 1. The molecule has 0 N–H and O–H groups in total. The number of ether oxygens (including phenoxy) is 1. The van der Waals surface area contributed by atoms with Crippen LogP contribution < -0.4 is 0 Å². The Kier molecular flexibility index (Phi) is 3.35. The highest BCUT2D eigenvalue weighted by molar-refractivity contribution is 5.85. The van der Waals surface area contributed by atoms with E-state index in [0.29, 0.717) is 6.61 Å². The predicted molar refractivity (Wildman–Crippen MR) is 75.1 cm³/mol. The maximum absolute atomic E-state index is 12.1.